The number of anilines is 1. The number of amides is 1. The van der Waals surface area contributed by atoms with Crippen LogP contribution in [-0.4, -0.2) is 32.2 Å². The van der Waals surface area contributed by atoms with Gasteiger partial charge < -0.3 is 9.84 Å². The van der Waals surface area contributed by atoms with Crippen LogP contribution in [0.5, 0.6) is 0 Å². The van der Waals surface area contributed by atoms with Crippen molar-refractivity contribution in [2.75, 3.05) is 11.3 Å². The summed E-state index contributed by atoms with van der Waals surface area (Å²) >= 11 is 0. The van der Waals surface area contributed by atoms with Gasteiger partial charge >= 0.3 is 22.3 Å². The first kappa shape index (κ1) is 16.6. The smallest absolute Gasteiger partial charge is 0.422 e. The Kier molecular flexibility index (Phi) is 5.02. The number of hydrogen-bond donors (Lipinski definition) is 3. The van der Waals surface area contributed by atoms with Gasteiger partial charge in [-0.2, -0.15) is 8.42 Å². The molecular weight excluding hydrogens is 314 g/mol. The van der Waals surface area contributed by atoms with E-state index in [1.807, 2.05) is 0 Å². The summed E-state index contributed by atoms with van der Waals surface area (Å²) in [4.78, 5) is 21.6. The fourth-order valence-corrected chi connectivity index (χ4v) is 2.01. The van der Waals surface area contributed by atoms with Crippen LogP contribution < -0.4 is 9.44 Å². The van der Waals surface area contributed by atoms with E-state index in [2.05, 4.69) is 4.74 Å². The van der Waals surface area contributed by atoms with E-state index in [0.29, 0.717) is 6.07 Å². The number of benzene rings is 1. The summed E-state index contributed by atoms with van der Waals surface area (Å²) in [6, 6.07) is 0.642. The average molecular weight is 324 g/mol. The minimum Gasteiger partial charge on any atom is -0.478 e. The van der Waals surface area contributed by atoms with Gasteiger partial charge in [-0.1, -0.05) is 0 Å². The summed E-state index contributed by atoms with van der Waals surface area (Å²) in [5.41, 5.74) is -1.78. The van der Waals surface area contributed by atoms with E-state index in [-0.39, 0.29) is 12.7 Å². The minimum atomic E-state index is -4.56. The Morgan fingerprint density at radius 2 is 1.90 bits per heavy atom. The summed E-state index contributed by atoms with van der Waals surface area (Å²) in [6.45, 7) is 1.33. The first-order valence-corrected chi connectivity index (χ1v) is 6.84. The summed E-state index contributed by atoms with van der Waals surface area (Å²) in [5, 5.41) is 8.67. The molecule has 0 spiro atoms. The van der Waals surface area contributed by atoms with Gasteiger partial charge in [0.1, 0.15) is 11.6 Å². The van der Waals surface area contributed by atoms with E-state index in [1.54, 1.807) is 4.72 Å². The molecule has 1 amide bonds. The van der Waals surface area contributed by atoms with Crippen LogP contribution >= 0.6 is 0 Å². The molecule has 3 N–H and O–H groups in total. The van der Waals surface area contributed by atoms with Crippen molar-refractivity contribution in [3.8, 4) is 0 Å². The lowest BCUT2D eigenvalue weighted by molar-refractivity contribution is 0.0691. The van der Waals surface area contributed by atoms with Crippen LogP contribution in [0.1, 0.15) is 17.3 Å². The normalized spacial score (nSPS) is 10.8. The van der Waals surface area contributed by atoms with Gasteiger partial charge in [0.15, 0.2) is 0 Å². The van der Waals surface area contributed by atoms with Crippen molar-refractivity contribution in [1.82, 2.24) is 4.72 Å². The number of nitrogens with one attached hydrogen (secondary N) is 2. The Hall–Kier alpha value is -2.43. The lowest BCUT2D eigenvalue weighted by atomic mass is 10.2. The van der Waals surface area contributed by atoms with Crippen molar-refractivity contribution in [3.05, 3.63) is 29.3 Å². The second-order valence-corrected chi connectivity index (χ2v) is 4.96. The third kappa shape index (κ3) is 4.56. The molecule has 0 heterocycles. The SMILES string of the molecule is CCOC(=O)NS(=O)(=O)Nc1cc(C(=O)O)c(F)cc1F. The molecule has 0 bridgehead atoms. The van der Waals surface area contributed by atoms with Gasteiger partial charge in [-0.05, 0) is 13.0 Å². The highest BCUT2D eigenvalue weighted by Crippen LogP contribution is 2.20. The molecule has 1 rings (SSSR count). The van der Waals surface area contributed by atoms with Crippen molar-refractivity contribution in [3.63, 3.8) is 0 Å². The lowest BCUT2D eigenvalue weighted by Crippen LogP contribution is -2.36. The van der Waals surface area contributed by atoms with E-state index < -0.39 is 45.2 Å². The Balaban J connectivity index is 3.04. The summed E-state index contributed by atoms with van der Waals surface area (Å²) in [5.74, 6) is -4.45. The van der Waals surface area contributed by atoms with E-state index >= 15 is 0 Å². The first-order chi connectivity index (χ1) is 9.66. The molecule has 116 valence electrons. The predicted octanol–water partition coefficient (Wildman–Crippen LogP) is 1.07. The molecular formula is C10H10F2N2O6S. The fraction of sp³-hybridized carbons (Fsp3) is 0.200. The van der Waals surface area contributed by atoms with Crippen LogP contribution in [0, 0.1) is 11.6 Å². The van der Waals surface area contributed by atoms with Gasteiger partial charge in [0.25, 0.3) is 0 Å². The highest BCUT2D eigenvalue weighted by molar-refractivity contribution is 7.91. The summed E-state index contributed by atoms with van der Waals surface area (Å²) in [7, 11) is -4.56. The third-order valence-corrected chi connectivity index (χ3v) is 2.95. The molecule has 1 aromatic rings. The molecule has 0 radical (unpaired) electrons. The molecule has 0 atom stereocenters. The topological polar surface area (TPSA) is 122 Å². The molecule has 0 saturated carbocycles. The van der Waals surface area contributed by atoms with Crippen LogP contribution in [0.15, 0.2) is 12.1 Å². The molecule has 8 nitrogen and oxygen atoms in total. The number of ether oxygens (including phenoxy) is 1. The monoisotopic (exact) mass is 324 g/mol. The highest BCUT2D eigenvalue weighted by Gasteiger charge is 2.20. The van der Waals surface area contributed by atoms with Crippen molar-refractivity contribution < 1.29 is 36.6 Å². The second-order valence-electron chi connectivity index (χ2n) is 3.55. The Labute approximate surface area is 117 Å². The molecule has 0 aliphatic heterocycles. The van der Waals surface area contributed by atoms with Gasteiger partial charge in [0.05, 0.1) is 17.9 Å². The standard InChI is InChI=1S/C10H10F2N2O6S/c1-2-20-10(17)14-21(18,19)13-8-3-5(9(15)16)6(11)4-7(8)12/h3-4,13H,2H2,1H3,(H,14,17)(H,15,16). The van der Waals surface area contributed by atoms with Crippen LogP contribution in [0.3, 0.4) is 0 Å². The Morgan fingerprint density at radius 1 is 1.29 bits per heavy atom. The number of carbonyl (C=O) groups excluding carboxylic acids is 1. The largest absolute Gasteiger partial charge is 0.478 e. The second kappa shape index (κ2) is 6.35. The molecule has 11 heteroatoms. The molecule has 0 aliphatic carbocycles. The van der Waals surface area contributed by atoms with Crippen molar-refractivity contribution >= 4 is 28.0 Å². The van der Waals surface area contributed by atoms with Gasteiger partial charge in [0, 0.05) is 6.07 Å². The van der Waals surface area contributed by atoms with E-state index in [0.717, 1.165) is 0 Å². The maximum atomic E-state index is 13.4. The molecule has 0 saturated heterocycles. The van der Waals surface area contributed by atoms with Crippen LogP contribution in [0.25, 0.3) is 0 Å². The number of hydrogen-bond acceptors (Lipinski definition) is 5. The number of carboxylic acid groups (broad SMARTS) is 1. The zero-order valence-corrected chi connectivity index (χ0v) is 11.3. The highest BCUT2D eigenvalue weighted by atomic mass is 32.2. The Morgan fingerprint density at radius 3 is 2.43 bits per heavy atom. The molecule has 0 aromatic heterocycles. The van der Waals surface area contributed by atoms with Crippen molar-refractivity contribution in [1.29, 1.82) is 0 Å². The number of aromatic carboxylic acids is 1. The minimum absolute atomic E-state index is 0.102. The summed E-state index contributed by atoms with van der Waals surface area (Å²) < 4.78 is 56.7. The van der Waals surface area contributed by atoms with E-state index in [9.17, 15) is 26.8 Å². The maximum absolute atomic E-state index is 13.4. The maximum Gasteiger partial charge on any atom is 0.422 e. The zero-order valence-electron chi connectivity index (χ0n) is 10.5. The Bertz CT molecular complexity index is 676. The third-order valence-electron chi connectivity index (χ3n) is 2.02. The van der Waals surface area contributed by atoms with Crippen molar-refractivity contribution in [2.24, 2.45) is 0 Å². The average Bonchev–Trinajstić information content (AvgIpc) is 2.31. The van der Waals surface area contributed by atoms with Gasteiger partial charge in [-0.3, -0.25) is 4.72 Å². The van der Waals surface area contributed by atoms with Crippen LogP contribution in [0.2, 0.25) is 0 Å². The van der Waals surface area contributed by atoms with Gasteiger partial charge in [-0.15, -0.1) is 0 Å². The summed E-state index contributed by atoms with van der Waals surface area (Å²) in [6.07, 6.45) is -1.31. The van der Waals surface area contributed by atoms with Crippen LogP contribution in [-0.2, 0) is 14.9 Å². The predicted molar refractivity (Wildman–Crippen MR) is 66.0 cm³/mol. The van der Waals surface area contributed by atoms with E-state index in [4.69, 9.17) is 5.11 Å². The molecule has 21 heavy (non-hydrogen) atoms. The first-order valence-electron chi connectivity index (χ1n) is 5.36. The number of halogens is 2. The number of rotatable bonds is 5. The molecule has 1 aromatic carbocycles. The van der Waals surface area contributed by atoms with Gasteiger partial charge in [0.2, 0.25) is 0 Å². The molecule has 0 fully saturated rings. The molecule has 0 aliphatic rings. The quantitative estimate of drug-likeness (QED) is 0.744. The fourth-order valence-electron chi connectivity index (χ4n) is 1.23. The molecule has 0 unspecified atom stereocenters. The lowest BCUT2D eigenvalue weighted by Gasteiger charge is -2.10. The van der Waals surface area contributed by atoms with Gasteiger partial charge in [-0.25, -0.2) is 23.1 Å². The zero-order chi connectivity index (χ0) is 16.2. The van der Waals surface area contributed by atoms with Crippen LogP contribution in [0.4, 0.5) is 19.3 Å². The number of carbonyl (C=O) groups is 2. The van der Waals surface area contributed by atoms with Crippen molar-refractivity contribution in [2.45, 2.75) is 6.92 Å². The number of carboxylic acids is 1. The van der Waals surface area contributed by atoms with E-state index in [1.165, 1.54) is 11.6 Å².